The molecule has 1 N–H and O–H groups in total. The molecule has 1 fully saturated rings. The Kier molecular flexibility index (Phi) is 3.25. The van der Waals surface area contributed by atoms with Gasteiger partial charge in [0, 0.05) is 32.0 Å². The lowest BCUT2D eigenvalue weighted by Gasteiger charge is -2.27. The van der Waals surface area contributed by atoms with Gasteiger partial charge in [0.05, 0.1) is 17.4 Å². The van der Waals surface area contributed by atoms with E-state index in [-0.39, 0.29) is 0 Å². The van der Waals surface area contributed by atoms with Crippen molar-refractivity contribution in [2.24, 2.45) is 0 Å². The first-order valence-corrected chi connectivity index (χ1v) is 7.95. The van der Waals surface area contributed by atoms with Crippen molar-refractivity contribution in [1.29, 1.82) is 0 Å². The van der Waals surface area contributed by atoms with Gasteiger partial charge in [-0.2, -0.15) is 0 Å². The Labute approximate surface area is 124 Å². The standard InChI is InChI=1S/C16H21N5/c1-4-9-20(10-5-1)16-19-12-14-15(18-8-11-21(14)16)13-6-2-3-7-17-13/h6,8,11-12,17H,1-5,7,9-10H2. The summed E-state index contributed by atoms with van der Waals surface area (Å²) in [4.78, 5) is 11.6. The molecule has 2 aliphatic heterocycles. The summed E-state index contributed by atoms with van der Waals surface area (Å²) in [5.74, 6) is 1.06. The third-order valence-corrected chi connectivity index (χ3v) is 4.38. The van der Waals surface area contributed by atoms with Crippen molar-refractivity contribution in [3.8, 4) is 0 Å². The van der Waals surface area contributed by atoms with Gasteiger partial charge in [-0.3, -0.25) is 9.38 Å². The van der Waals surface area contributed by atoms with Gasteiger partial charge in [-0.05, 0) is 32.1 Å². The molecule has 2 aromatic rings. The first-order valence-electron chi connectivity index (χ1n) is 7.95. The van der Waals surface area contributed by atoms with Gasteiger partial charge in [0.2, 0.25) is 5.95 Å². The average molecular weight is 283 g/mol. The van der Waals surface area contributed by atoms with Gasteiger partial charge in [0.1, 0.15) is 5.69 Å². The zero-order valence-electron chi connectivity index (χ0n) is 12.3. The summed E-state index contributed by atoms with van der Waals surface area (Å²) in [6.45, 7) is 3.25. The number of fused-ring (bicyclic) bond motifs is 1. The van der Waals surface area contributed by atoms with Crippen LogP contribution in [0, 0.1) is 0 Å². The number of hydrogen-bond acceptors (Lipinski definition) is 4. The highest BCUT2D eigenvalue weighted by atomic mass is 15.3. The Morgan fingerprint density at radius 2 is 1.95 bits per heavy atom. The van der Waals surface area contributed by atoms with Crippen molar-refractivity contribution < 1.29 is 0 Å². The van der Waals surface area contributed by atoms with Crippen LogP contribution < -0.4 is 10.2 Å². The maximum Gasteiger partial charge on any atom is 0.210 e. The van der Waals surface area contributed by atoms with Gasteiger partial charge >= 0.3 is 0 Å². The number of nitrogens with one attached hydrogen (secondary N) is 1. The van der Waals surface area contributed by atoms with Gasteiger partial charge in [0.15, 0.2) is 0 Å². The van der Waals surface area contributed by atoms with E-state index in [4.69, 9.17) is 0 Å². The number of anilines is 1. The normalized spacial score (nSPS) is 19.4. The van der Waals surface area contributed by atoms with Crippen LogP contribution in [0.4, 0.5) is 5.95 Å². The lowest BCUT2D eigenvalue weighted by Crippen LogP contribution is -2.31. The largest absolute Gasteiger partial charge is 0.383 e. The Balaban J connectivity index is 1.77. The predicted octanol–water partition coefficient (Wildman–Crippen LogP) is 2.44. The van der Waals surface area contributed by atoms with Gasteiger partial charge < -0.3 is 10.2 Å². The number of piperidine rings is 1. The number of imidazole rings is 1. The van der Waals surface area contributed by atoms with Crippen LogP contribution >= 0.6 is 0 Å². The molecule has 0 aromatic carbocycles. The van der Waals surface area contributed by atoms with Crippen LogP contribution in [0.3, 0.4) is 0 Å². The van der Waals surface area contributed by atoms with Crippen molar-refractivity contribution >= 4 is 17.2 Å². The summed E-state index contributed by atoms with van der Waals surface area (Å²) < 4.78 is 2.19. The molecule has 21 heavy (non-hydrogen) atoms. The molecular weight excluding hydrogens is 262 g/mol. The van der Waals surface area contributed by atoms with Crippen LogP contribution in [0.5, 0.6) is 0 Å². The molecule has 0 spiro atoms. The molecule has 4 heterocycles. The van der Waals surface area contributed by atoms with E-state index in [1.54, 1.807) is 0 Å². The van der Waals surface area contributed by atoms with Crippen molar-refractivity contribution in [3.05, 3.63) is 30.4 Å². The highest BCUT2D eigenvalue weighted by Crippen LogP contribution is 2.24. The Morgan fingerprint density at radius 3 is 2.76 bits per heavy atom. The van der Waals surface area contributed by atoms with Gasteiger partial charge in [-0.25, -0.2) is 4.98 Å². The minimum absolute atomic E-state index is 1.02. The quantitative estimate of drug-likeness (QED) is 0.919. The molecule has 4 rings (SSSR count). The van der Waals surface area contributed by atoms with Crippen LogP contribution in [0.2, 0.25) is 0 Å². The van der Waals surface area contributed by atoms with Crippen LogP contribution in [0.25, 0.3) is 11.2 Å². The first kappa shape index (κ1) is 12.7. The van der Waals surface area contributed by atoms with E-state index in [0.717, 1.165) is 48.9 Å². The molecule has 0 amide bonds. The second-order valence-corrected chi connectivity index (χ2v) is 5.82. The SMILES string of the molecule is C1=C(c2nccn3c(N4CCCCC4)ncc23)NCCC1. The topological polar surface area (TPSA) is 45.5 Å². The van der Waals surface area contributed by atoms with E-state index >= 15 is 0 Å². The second kappa shape index (κ2) is 5.39. The van der Waals surface area contributed by atoms with Crippen molar-refractivity contribution in [2.45, 2.75) is 32.1 Å². The van der Waals surface area contributed by atoms with Crippen LogP contribution in [0.15, 0.2) is 24.7 Å². The lowest BCUT2D eigenvalue weighted by atomic mass is 10.1. The molecule has 0 atom stereocenters. The molecule has 110 valence electrons. The highest BCUT2D eigenvalue weighted by molar-refractivity contribution is 5.75. The molecule has 2 aliphatic rings. The molecule has 1 saturated heterocycles. The third-order valence-electron chi connectivity index (χ3n) is 4.38. The third kappa shape index (κ3) is 2.26. The molecule has 2 aromatic heterocycles. The van der Waals surface area contributed by atoms with E-state index in [0.29, 0.717) is 0 Å². The van der Waals surface area contributed by atoms with Gasteiger partial charge in [-0.15, -0.1) is 0 Å². The minimum Gasteiger partial charge on any atom is -0.383 e. The second-order valence-electron chi connectivity index (χ2n) is 5.82. The van der Waals surface area contributed by atoms with Crippen LogP contribution in [0.1, 0.15) is 37.8 Å². The predicted molar refractivity (Wildman–Crippen MR) is 84.3 cm³/mol. The van der Waals surface area contributed by atoms with E-state index < -0.39 is 0 Å². The molecule has 5 heteroatoms. The van der Waals surface area contributed by atoms with E-state index in [1.165, 1.54) is 25.7 Å². The van der Waals surface area contributed by atoms with Crippen molar-refractivity contribution in [3.63, 3.8) is 0 Å². The number of rotatable bonds is 2. The number of nitrogens with zero attached hydrogens (tertiary/aromatic N) is 4. The minimum atomic E-state index is 1.02. The molecule has 0 bridgehead atoms. The van der Waals surface area contributed by atoms with E-state index in [1.807, 2.05) is 18.6 Å². The fourth-order valence-corrected chi connectivity index (χ4v) is 3.27. The highest BCUT2D eigenvalue weighted by Gasteiger charge is 2.18. The summed E-state index contributed by atoms with van der Waals surface area (Å²) in [5, 5.41) is 3.46. The van der Waals surface area contributed by atoms with E-state index in [9.17, 15) is 0 Å². The fraction of sp³-hybridized carbons (Fsp3) is 0.500. The maximum atomic E-state index is 4.67. The summed E-state index contributed by atoms with van der Waals surface area (Å²) in [6, 6.07) is 0. The van der Waals surface area contributed by atoms with Crippen LogP contribution in [-0.4, -0.2) is 34.0 Å². The summed E-state index contributed by atoms with van der Waals surface area (Å²) >= 11 is 0. The monoisotopic (exact) mass is 283 g/mol. The van der Waals surface area contributed by atoms with Gasteiger partial charge in [0.25, 0.3) is 0 Å². The molecule has 0 unspecified atom stereocenters. The fourth-order valence-electron chi connectivity index (χ4n) is 3.27. The lowest BCUT2D eigenvalue weighted by molar-refractivity contribution is 0.567. The zero-order chi connectivity index (χ0) is 14.1. The molecular formula is C16H21N5. The Bertz CT molecular complexity index is 666. The summed E-state index contributed by atoms with van der Waals surface area (Å²) in [6.07, 6.45) is 14.3. The maximum absolute atomic E-state index is 4.67. The summed E-state index contributed by atoms with van der Waals surface area (Å²) in [5.41, 5.74) is 3.27. The molecule has 0 radical (unpaired) electrons. The molecule has 5 nitrogen and oxygen atoms in total. The van der Waals surface area contributed by atoms with Crippen LogP contribution in [-0.2, 0) is 0 Å². The first-order chi connectivity index (χ1) is 10.4. The average Bonchev–Trinajstić information content (AvgIpc) is 3.00. The van der Waals surface area contributed by atoms with Crippen molar-refractivity contribution in [2.75, 3.05) is 24.5 Å². The molecule has 0 saturated carbocycles. The zero-order valence-corrected chi connectivity index (χ0v) is 12.3. The Morgan fingerprint density at radius 1 is 1.05 bits per heavy atom. The van der Waals surface area contributed by atoms with E-state index in [2.05, 4.69) is 30.7 Å². The molecule has 0 aliphatic carbocycles. The summed E-state index contributed by atoms with van der Waals surface area (Å²) in [7, 11) is 0. The number of aromatic nitrogens is 3. The number of hydrogen-bond donors (Lipinski definition) is 1. The van der Waals surface area contributed by atoms with Gasteiger partial charge in [-0.1, -0.05) is 6.08 Å². The Hall–Kier alpha value is -2.04. The van der Waals surface area contributed by atoms with Crippen molar-refractivity contribution in [1.82, 2.24) is 19.7 Å². The smallest absolute Gasteiger partial charge is 0.210 e. The number of allylic oxidation sites excluding steroid dienone is 1.